The van der Waals surface area contributed by atoms with Crippen molar-refractivity contribution in [2.24, 2.45) is 5.16 Å². The van der Waals surface area contributed by atoms with Crippen molar-refractivity contribution in [1.29, 1.82) is 0 Å². The van der Waals surface area contributed by atoms with E-state index in [1.54, 1.807) is 38.5 Å². The number of methoxy groups -OCH3 is 2. The zero-order chi connectivity index (χ0) is 16.9. The fraction of sp³-hybridized carbons (Fsp3) is 0.222. The highest BCUT2D eigenvalue weighted by atomic mass is 16.6. The van der Waals surface area contributed by atoms with E-state index in [-0.39, 0.29) is 5.91 Å². The summed E-state index contributed by atoms with van der Waals surface area (Å²) in [6, 6.07) is 14.6. The summed E-state index contributed by atoms with van der Waals surface area (Å²) >= 11 is 0. The minimum Gasteiger partial charge on any atom is -0.497 e. The normalized spacial score (nSPS) is 16.1. The van der Waals surface area contributed by atoms with Gasteiger partial charge < -0.3 is 19.6 Å². The highest BCUT2D eigenvalue weighted by Gasteiger charge is 2.29. The van der Waals surface area contributed by atoms with Crippen molar-refractivity contribution >= 4 is 17.3 Å². The van der Waals surface area contributed by atoms with Crippen LogP contribution in [0.25, 0.3) is 0 Å². The van der Waals surface area contributed by atoms with Gasteiger partial charge in [-0.25, -0.2) is 0 Å². The summed E-state index contributed by atoms with van der Waals surface area (Å²) in [5.74, 6) is 1.23. The third-order valence-electron chi connectivity index (χ3n) is 3.72. The lowest BCUT2D eigenvalue weighted by atomic mass is 10.0. The van der Waals surface area contributed by atoms with Gasteiger partial charge in [0.1, 0.15) is 11.5 Å². The van der Waals surface area contributed by atoms with Crippen LogP contribution in [-0.2, 0) is 9.63 Å². The van der Waals surface area contributed by atoms with E-state index in [4.69, 9.17) is 14.3 Å². The number of nitrogens with zero attached hydrogens (tertiary/aromatic N) is 1. The van der Waals surface area contributed by atoms with Crippen molar-refractivity contribution in [3.63, 3.8) is 0 Å². The number of amides is 1. The Hall–Kier alpha value is -3.02. The number of ether oxygens (including phenoxy) is 2. The van der Waals surface area contributed by atoms with Crippen LogP contribution < -0.4 is 14.8 Å². The molecule has 1 atom stereocenters. The van der Waals surface area contributed by atoms with E-state index in [1.165, 1.54) is 0 Å². The Morgan fingerprint density at radius 2 is 1.88 bits per heavy atom. The predicted molar refractivity (Wildman–Crippen MR) is 90.6 cm³/mol. The summed E-state index contributed by atoms with van der Waals surface area (Å²) in [5.41, 5.74) is 2.29. The summed E-state index contributed by atoms with van der Waals surface area (Å²) in [4.78, 5) is 17.6. The summed E-state index contributed by atoms with van der Waals surface area (Å²) < 4.78 is 10.3. The molecule has 0 aliphatic carbocycles. The summed E-state index contributed by atoms with van der Waals surface area (Å²) in [5, 5.41) is 6.85. The van der Waals surface area contributed by atoms with Gasteiger partial charge in [-0.3, -0.25) is 4.79 Å². The number of rotatable bonds is 5. The Balaban J connectivity index is 1.62. The molecule has 0 aromatic heterocycles. The van der Waals surface area contributed by atoms with Crippen molar-refractivity contribution in [2.75, 3.05) is 19.5 Å². The van der Waals surface area contributed by atoms with E-state index < -0.39 is 6.10 Å². The van der Waals surface area contributed by atoms with Gasteiger partial charge in [0.2, 0.25) is 6.10 Å². The van der Waals surface area contributed by atoms with Gasteiger partial charge in [0.25, 0.3) is 5.91 Å². The Morgan fingerprint density at radius 3 is 2.58 bits per heavy atom. The van der Waals surface area contributed by atoms with Crippen molar-refractivity contribution in [1.82, 2.24) is 0 Å². The van der Waals surface area contributed by atoms with E-state index in [9.17, 15) is 4.79 Å². The van der Waals surface area contributed by atoms with Gasteiger partial charge in [0.15, 0.2) is 0 Å². The van der Waals surface area contributed by atoms with E-state index in [0.29, 0.717) is 12.1 Å². The number of hydrogen-bond acceptors (Lipinski definition) is 5. The molecule has 6 heteroatoms. The molecular formula is C18H18N2O4. The fourth-order valence-electron chi connectivity index (χ4n) is 2.39. The number of hydrogen-bond donors (Lipinski definition) is 1. The molecule has 0 fully saturated rings. The standard InChI is InChI=1S/C18H18N2O4/c1-22-14-8-6-13(7-9-14)19-18(21)17-11-16(20-24-17)12-4-3-5-15(10-12)23-2/h3-10,17H,11H2,1-2H3,(H,19,21)/t17-/m1/s1. The van der Waals surface area contributed by atoms with Crippen molar-refractivity contribution in [3.8, 4) is 11.5 Å². The first kappa shape index (κ1) is 15.9. The second-order valence-corrected chi connectivity index (χ2v) is 5.29. The van der Waals surface area contributed by atoms with Crippen LogP contribution in [0.3, 0.4) is 0 Å². The second kappa shape index (κ2) is 7.04. The van der Waals surface area contributed by atoms with Crippen LogP contribution in [-0.4, -0.2) is 31.9 Å². The second-order valence-electron chi connectivity index (χ2n) is 5.29. The molecule has 124 valence electrons. The molecule has 3 rings (SSSR count). The molecule has 1 N–H and O–H groups in total. The lowest BCUT2D eigenvalue weighted by Crippen LogP contribution is -2.28. The summed E-state index contributed by atoms with van der Waals surface area (Å²) in [7, 11) is 3.20. The summed E-state index contributed by atoms with van der Waals surface area (Å²) in [6.07, 6.45) is -0.233. The monoisotopic (exact) mass is 326 g/mol. The van der Waals surface area contributed by atoms with Crippen LogP contribution in [0.1, 0.15) is 12.0 Å². The van der Waals surface area contributed by atoms with Gasteiger partial charge in [-0.2, -0.15) is 0 Å². The van der Waals surface area contributed by atoms with Gasteiger partial charge in [-0.05, 0) is 36.4 Å². The minimum absolute atomic E-state index is 0.234. The maximum atomic E-state index is 12.3. The first-order valence-corrected chi connectivity index (χ1v) is 7.51. The van der Waals surface area contributed by atoms with Gasteiger partial charge >= 0.3 is 0 Å². The van der Waals surface area contributed by atoms with Gasteiger partial charge in [-0.15, -0.1) is 0 Å². The molecule has 0 bridgehead atoms. The van der Waals surface area contributed by atoms with Crippen molar-refractivity contribution in [2.45, 2.75) is 12.5 Å². The lowest BCUT2D eigenvalue weighted by molar-refractivity contribution is -0.125. The fourth-order valence-corrected chi connectivity index (χ4v) is 2.39. The lowest BCUT2D eigenvalue weighted by Gasteiger charge is -2.10. The van der Waals surface area contributed by atoms with Crippen LogP contribution in [0.4, 0.5) is 5.69 Å². The molecule has 2 aromatic rings. The van der Waals surface area contributed by atoms with E-state index >= 15 is 0 Å². The summed E-state index contributed by atoms with van der Waals surface area (Å²) in [6.45, 7) is 0. The van der Waals surface area contributed by atoms with Crippen LogP contribution in [0, 0.1) is 0 Å². The van der Waals surface area contributed by atoms with E-state index in [1.807, 2.05) is 24.3 Å². The maximum absolute atomic E-state index is 12.3. The molecule has 2 aromatic carbocycles. The molecule has 1 heterocycles. The highest BCUT2D eigenvalue weighted by molar-refractivity contribution is 6.06. The molecule has 24 heavy (non-hydrogen) atoms. The minimum atomic E-state index is -0.645. The van der Waals surface area contributed by atoms with Crippen molar-refractivity contribution < 1.29 is 19.1 Å². The molecule has 0 saturated carbocycles. The Morgan fingerprint density at radius 1 is 1.12 bits per heavy atom. The van der Waals surface area contributed by atoms with Crippen LogP contribution in [0.5, 0.6) is 11.5 Å². The number of carbonyl (C=O) groups is 1. The topological polar surface area (TPSA) is 69.2 Å². The molecule has 0 spiro atoms. The number of carbonyl (C=O) groups excluding carboxylic acids is 1. The Bertz CT molecular complexity index is 756. The number of anilines is 1. The van der Waals surface area contributed by atoms with E-state index in [0.717, 1.165) is 22.8 Å². The Kier molecular flexibility index (Phi) is 4.65. The third kappa shape index (κ3) is 3.48. The first-order valence-electron chi connectivity index (χ1n) is 7.51. The Labute approximate surface area is 140 Å². The number of benzene rings is 2. The number of nitrogens with one attached hydrogen (secondary N) is 1. The molecule has 1 aliphatic heterocycles. The average molecular weight is 326 g/mol. The quantitative estimate of drug-likeness (QED) is 0.917. The van der Waals surface area contributed by atoms with Crippen molar-refractivity contribution in [3.05, 3.63) is 54.1 Å². The largest absolute Gasteiger partial charge is 0.497 e. The average Bonchev–Trinajstić information content (AvgIpc) is 3.13. The third-order valence-corrected chi connectivity index (χ3v) is 3.72. The highest BCUT2D eigenvalue weighted by Crippen LogP contribution is 2.22. The smallest absolute Gasteiger partial charge is 0.268 e. The molecule has 1 amide bonds. The zero-order valence-corrected chi connectivity index (χ0v) is 13.5. The van der Waals surface area contributed by atoms with Crippen LogP contribution in [0.15, 0.2) is 53.7 Å². The van der Waals surface area contributed by atoms with Gasteiger partial charge in [0.05, 0.1) is 19.9 Å². The number of oxime groups is 1. The maximum Gasteiger partial charge on any atom is 0.268 e. The molecule has 1 aliphatic rings. The van der Waals surface area contributed by atoms with Crippen LogP contribution >= 0.6 is 0 Å². The first-order chi connectivity index (χ1) is 11.7. The molecule has 0 unspecified atom stereocenters. The zero-order valence-electron chi connectivity index (χ0n) is 13.5. The predicted octanol–water partition coefficient (Wildman–Crippen LogP) is 2.84. The van der Waals surface area contributed by atoms with E-state index in [2.05, 4.69) is 10.5 Å². The SMILES string of the molecule is COc1ccc(NC(=O)[C@H]2CC(c3cccc(OC)c3)=NO2)cc1. The molecule has 6 nitrogen and oxygen atoms in total. The molecular weight excluding hydrogens is 308 g/mol. The van der Waals surface area contributed by atoms with Gasteiger partial charge in [-0.1, -0.05) is 17.3 Å². The molecule has 0 radical (unpaired) electrons. The molecule has 0 saturated heterocycles. The van der Waals surface area contributed by atoms with Crippen LogP contribution in [0.2, 0.25) is 0 Å². The van der Waals surface area contributed by atoms with Gasteiger partial charge in [0, 0.05) is 17.7 Å².